The van der Waals surface area contributed by atoms with E-state index in [2.05, 4.69) is 10.3 Å². The van der Waals surface area contributed by atoms with Crippen molar-refractivity contribution in [3.63, 3.8) is 0 Å². The molecule has 1 unspecified atom stereocenters. The van der Waals surface area contributed by atoms with Gasteiger partial charge in [-0.1, -0.05) is 24.3 Å². The Labute approximate surface area is 148 Å². The lowest BCUT2D eigenvalue weighted by molar-refractivity contribution is -0.121. The second-order valence-corrected chi connectivity index (χ2v) is 7.84. The summed E-state index contributed by atoms with van der Waals surface area (Å²) >= 11 is 0. The van der Waals surface area contributed by atoms with Crippen LogP contribution in [0.25, 0.3) is 0 Å². The molecule has 1 aromatic heterocycles. The molecule has 25 heavy (non-hydrogen) atoms. The Morgan fingerprint density at radius 2 is 1.96 bits per heavy atom. The number of pyridine rings is 1. The number of carbonyl (C=O) groups excluding carboxylic acids is 1. The quantitative estimate of drug-likeness (QED) is 0.787. The van der Waals surface area contributed by atoms with Crippen LogP contribution in [0.15, 0.2) is 42.7 Å². The Morgan fingerprint density at radius 3 is 2.56 bits per heavy atom. The van der Waals surface area contributed by atoms with E-state index >= 15 is 0 Å². The summed E-state index contributed by atoms with van der Waals surface area (Å²) in [4.78, 5) is 16.4. The molecule has 2 aromatic rings. The predicted octanol–water partition coefficient (Wildman–Crippen LogP) is 1.97. The van der Waals surface area contributed by atoms with Gasteiger partial charge >= 0.3 is 0 Å². The van der Waals surface area contributed by atoms with Crippen molar-refractivity contribution >= 4 is 15.9 Å². The van der Waals surface area contributed by atoms with E-state index in [1.54, 1.807) is 12.4 Å². The number of hydrogen-bond donors (Lipinski definition) is 2. The number of aryl methyl sites for hydroxylation is 2. The van der Waals surface area contributed by atoms with E-state index in [9.17, 15) is 13.2 Å². The summed E-state index contributed by atoms with van der Waals surface area (Å²) in [5.41, 5.74) is 4.13. The van der Waals surface area contributed by atoms with Crippen molar-refractivity contribution in [2.45, 2.75) is 32.7 Å². The van der Waals surface area contributed by atoms with E-state index in [0.29, 0.717) is 0 Å². The normalized spacial score (nSPS) is 12.6. The largest absolute Gasteiger partial charge is 0.345 e. The lowest BCUT2D eigenvalue weighted by atomic mass is 9.96. The summed E-state index contributed by atoms with van der Waals surface area (Å²) < 4.78 is 22.0. The molecule has 134 valence electrons. The number of nitrogens with one attached hydrogen (secondary N) is 1. The Bertz CT molecular complexity index is 836. The minimum Gasteiger partial charge on any atom is -0.345 e. The van der Waals surface area contributed by atoms with Crippen LogP contribution in [0.3, 0.4) is 0 Å². The second-order valence-electron chi connectivity index (χ2n) is 6.10. The van der Waals surface area contributed by atoms with Gasteiger partial charge in [0.2, 0.25) is 15.9 Å². The fourth-order valence-corrected chi connectivity index (χ4v) is 3.06. The molecule has 6 nitrogen and oxygen atoms in total. The maximum atomic E-state index is 12.3. The summed E-state index contributed by atoms with van der Waals surface area (Å²) in [5, 5.41) is 7.94. The Morgan fingerprint density at radius 1 is 1.20 bits per heavy atom. The molecular formula is C18H23N3O3S. The number of rotatable bonds is 7. The van der Waals surface area contributed by atoms with E-state index < -0.39 is 10.0 Å². The summed E-state index contributed by atoms with van der Waals surface area (Å²) in [6, 6.07) is 9.41. The number of aromatic nitrogens is 1. The number of benzene rings is 1. The van der Waals surface area contributed by atoms with Gasteiger partial charge in [-0.05, 0) is 48.6 Å². The lowest BCUT2D eigenvalue weighted by Gasteiger charge is -2.20. The average Bonchev–Trinajstić information content (AvgIpc) is 2.55. The predicted molar refractivity (Wildman–Crippen MR) is 97.3 cm³/mol. The summed E-state index contributed by atoms with van der Waals surface area (Å²) in [6.07, 6.45) is 3.68. The number of nitrogens with zero attached hydrogens (tertiary/aromatic N) is 1. The highest BCUT2D eigenvalue weighted by Gasteiger charge is 2.18. The molecule has 0 spiro atoms. The first-order valence-electron chi connectivity index (χ1n) is 8.03. The van der Waals surface area contributed by atoms with Crippen LogP contribution in [0.5, 0.6) is 0 Å². The first-order valence-corrected chi connectivity index (χ1v) is 9.75. The van der Waals surface area contributed by atoms with Gasteiger partial charge < -0.3 is 5.32 Å². The van der Waals surface area contributed by atoms with Crippen molar-refractivity contribution < 1.29 is 13.2 Å². The topological polar surface area (TPSA) is 102 Å². The van der Waals surface area contributed by atoms with Crippen molar-refractivity contribution in [2.75, 3.05) is 5.75 Å². The molecule has 1 heterocycles. The van der Waals surface area contributed by atoms with Crippen LogP contribution in [0.4, 0.5) is 0 Å². The summed E-state index contributed by atoms with van der Waals surface area (Å²) in [7, 11) is -3.55. The van der Waals surface area contributed by atoms with Crippen LogP contribution >= 0.6 is 0 Å². The van der Waals surface area contributed by atoms with Gasteiger partial charge in [0, 0.05) is 18.8 Å². The Hall–Kier alpha value is -2.25. The van der Waals surface area contributed by atoms with E-state index in [0.717, 1.165) is 16.7 Å². The van der Waals surface area contributed by atoms with Gasteiger partial charge in [-0.2, -0.15) is 0 Å². The van der Waals surface area contributed by atoms with Crippen LogP contribution in [0, 0.1) is 13.8 Å². The number of sulfonamides is 1. The smallest absolute Gasteiger partial charge is 0.220 e. The molecule has 1 aromatic carbocycles. The van der Waals surface area contributed by atoms with E-state index in [1.807, 2.05) is 44.2 Å². The minimum absolute atomic E-state index is 0.0953. The molecular weight excluding hydrogens is 338 g/mol. The molecule has 0 aliphatic heterocycles. The number of carbonyl (C=O) groups is 1. The Balaban J connectivity index is 2.18. The summed E-state index contributed by atoms with van der Waals surface area (Å²) in [6.45, 7) is 4.05. The number of primary sulfonamides is 1. The molecule has 2 rings (SSSR count). The van der Waals surface area contributed by atoms with E-state index in [-0.39, 0.29) is 30.5 Å². The minimum atomic E-state index is -3.55. The van der Waals surface area contributed by atoms with E-state index in [1.165, 1.54) is 5.56 Å². The van der Waals surface area contributed by atoms with Crippen LogP contribution in [-0.4, -0.2) is 25.1 Å². The molecule has 0 radical (unpaired) electrons. The Kier molecular flexibility index (Phi) is 6.27. The first-order chi connectivity index (χ1) is 11.8. The van der Waals surface area contributed by atoms with Crippen LogP contribution < -0.4 is 10.5 Å². The molecule has 1 atom stereocenters. The van der Waals surface area contributed by atoms with Gasteiger partial charge in [0.15, 0.2) is 0 Å². The molecule has 3 N–H and O–H groups in total. The van der Waals surface area contributed by atoms with Gasteiger partial charge in [-0.15, -0.1) is 0 Å². The van der Waals surface area contributed by atoms with Crippen molar-refractivity contribution in [2.24, 2.45) is 5.14 Å². The third-order valence-electron chi connectivity index (χ3n) is 4.02. The highest BCUT2D eigenvalue weighted by molar-refractivity contribution is 7.89. The van der Waals surface area contributed by atoms with Gasteiger partial charge in [-0.3, -0.25) is 9.78 Å². The monoisotopic (exact) mass is 361 g/mol. The van der Waals surface area contributed by atoms with Crippen molar-refractivity contribution in [3.05, 3.63) is 65.0 Å². The summed E-state index contributed by atoms with van der Waals surface area (Å²) in [5.74, 6) is -0.433. The van der Waals surface area contributed by atoms with Gasteiger partial charge in [0.1, 0.15) is 0 Å². The van der Waals surface area contributed by atoms with Crippen molar-refractivity contribution in [1.29, 1.82) is 0 Å². The standard InChI is InChI=1S/C18H23N3O3S/c1-13-7-8-15(11-14(13)2)18(16-5-3-9-20-12-16)21-17(22)6-4-10-25(19,23)24/h3,5,7-9,11-12,18H,4,6,10H2,1-2H3,(H,21,22)(H2,19,23,24). The zero-order valence-corrected chi connectivity index (χ0v) is 15.2. The third kappa shape index (κ3) is 5.95. The zero-order chi connectivity index (χ0) is 18.4. The molecule has 1 amide bonds. The molecule has 0 aliphatic carbocycles. The lowest BCUT2D eigenvalue weighted by Crippen LogP contribution is -2.30. The molecule has 0 bridgehead atoms. The fourth-order valence-electron chi connectivity index (χ4n) is 2.52. The van der Waals surface area contributed by atoms with Gasteiger partial charge in [-0.25, -0.2) is 13.6 Å². The molecule has 0 aliphatic rings. The third-order valence-corrected chi connectivity index (χ3v) is 4.88. The van der Waals surface area contributed by atoms with Crippen LogP contribution in [-0.2, 0) is 14.8 Å². The van der Waals surface area contributed by atoms with E-state index in [4.69, 9.17) is 5.14 Å². The first kappa shape index (κ1) is 19.1. The number of amides is 1. The molecule has 7 heteroatoms. The number of hydrogen-bond acceptors (Lipinski definition) is 4. The van der Waals surface area contributed by atoms with Gasteiger partial charge in [0.25, 0.3) is 0 Å². The average molecular weight is 361 g/mol. The number of nitrogens with two attached hydrogens (primary N) is 1. The van der Waals surface area contributed by atoms with Crippen molar-refractivity contribution in [1.82, 2.24) is 10.3 Å². The molecule has 0 saturated heterocycles. The fraction of sp³-hybridized carbons (Fsp3) is 0.333. The van der Waals surface area contributed by atoms with Crippen LogP contribution in [0.2, 0.25) is 0 Å². The highest BCUT2D eigenvalue weighted by atomic mass is 32.2. The zero-order valence-electron chi connectivity index (χ0n) is 14.4. The maximum Gasteiger partial charge on any atom is 0.220 e. The van der Waals surface area contributed by atoms with Crippen molar-refractivity contribution in [3.8, 4) is 0 Å². The second kappa shape index (κ2) is 8.22. The SMILES string of the molecule is Cc1ccc(C(NC(=O)CCCS(N)(=O)=O)c2cccnc2)cc1C. The molecule has 0 fully saturated rings. The van der Waals surface area contributed by atoms with Crippen LogP contribution in [0.1, 0.15) is 41.1 Å². The molecule has 0 saturated carbocycles. The highest BCUT2D eigenvalue weighted by Crippen LogP contribution is 2.23. The van der Waals surface area contributed by atoms with Gasteiger partial charge in [0.05, 0.1) is 11.8 Å². The maximum absolute atomic E-state index is 12.3.